The summed E-state index contributed by atoms with van der Waals surface area (Å²) in [5.41, 5.74) is 0.422. The number of ether oxygens (including phenoxy) is 1. The molecule has 2 aliphatic heterocycles. The summed E-state index contributed by atoms with van der Waals surface area (Å²) in [6.45, 7) is 0.228. The highest BCUT2D eigenvalue weighted by Crippen LogP contribution is 2.34. The molecule has 2 saturated heterocycles. The Kier molecular flexibility index (Phi) is 4.87. The topological polar surface area (TPSA) is 59.4 Å². The maximum absolute atomic E-state index is 12.5. The van der Waals surface area contributed by atoms with Crippen LogP contribution in [-0.4, -0.2) is 45.8 Å². The van der Waals surface area contributed by atoms with Crippen molar-refractivity contribution in [3.05, 3.63) is 47.2 Å². The molecule has 4 rings (SSSR count). The summed E-state index contributed by atoms with van der Waals surface area (Å²) in [5.74, 6) is 0.557. The second-order valence-corrected chi connectivity index (χ2v) is 7.60. The van der Waals surface area contributed by atoms with Crippen molar-refractivity contribution >= 4 is 17.5 Å². The fourth-order valence-corrected chi connectivity index (χ4v) is 4.22. The number of hydrogen-bond donors (Lipinski definition) is 1. The van der Waals surface area contributed by atoms with Gasteiger partial charge in [-0.3, -0.25) is 4.79 Å². The number of carbonyl (C=O) groups is 1. The number of nitrogens with one attached hydrogen (secondary N) is 1. The van der Waals surface area contributed by atoms with Gasteiger partial charge in [0.2, 0.25) is 0 Å². The summed E-state index contributed by atoms with van der Waals surface area (Å²) in [5, 5.41) is 8.09. The van der Waals surface area contributed by atoms with Crippen molar-refractivity contribution in [2.45, 2.75) is 50.5 Å². The van der Waals surface area contributed by atoms with Crippen molar-refractivity contribution in [3.63, 3.8) is 0 Å². The standard InChI is InChI=1S/C19H23ClN4O2/c1-23-15-5-6-16(23)11-14(10-15)21-19(25)18-7-8-24(22-18)12-26-17-4-2-3-13(20)9-17/h2-4,7-9,14-16H,5-6,10-12H2,1H3,(H,21,25)/t15-,16-/m0/s1. The van der Waals surface area contributed by atoms with E-state index in [0.717, 1.165) is 12.8 Å². The van der Waals surface area contributed by atoms with Crippen LogP contribution in [0, 0.1) is 0 Å². The van der Waals surface area contributed by atoms with Crippen LogP contribution in [0.15, 0.2) is 36.5 Å². The monoisotopic (exact) mass is 374 g/mol. The largest absolute Gasteiger partial charge is 0.471 e. The number of rotatable bonds is 5. The first-order valence-electron chi connectivity index (χ1n) is 9.03. The van der Waals surface area contributed by atoms with Gasteiger partial charge in [-0.2, -0.15) is 5.10 Å². The Morgan fingerprint density at radius 1 is 1.31 bits per heavy atom. The molecule has 0 aliphatic carbocycles. The van der Waals surface area contributed by atoms with Crippen LogP contribution >= 0.6 is 11.6 Å². The lowest BCUT2D eigenvalue weighted by Crippen LogP contribution is -2.48. The molecule has 26 heavy (non-hydrogen) atoms. The normalized spacial score (nSPS) is 25.2. The number of fused-ring (bicyclic) bond motifs is 2. The Hall–Kier alpha value is -2.05. The molecule has 0 radical (unpaired) electrons. The molecule has 2 aliphatic rings. The predicted octanol–water partition coefficient (Wildman–Crippen LogP) is 2.93. The van der Waals surface area contributed by atoms with Crippen LogP contribution in [0.2, 0.25) is 5.02 Å². The van der Waals surface area contributed by atoms with E-state index in [4.69, 9.17) is 16.3 Å². The second-order valence-electron chi connectivity index (χ2n) is 7.16. The molecule has 2 atom stereocenters. The molecule has 1 aromatic heterocycles. The summed E-state index contributed by atoms with van der Waals surface area (Å²) in [6, 6.07) is 10.4. The van der Waals surface area contributed by atoms with Gasteiger partial charge in [-0.25, -0.2) is 4.68 Å². The minimum absolute atomic E-state index is 0.111. The second kappa shape index (κ2) is 7.29. The number of halogens is 1. The zero-order valence-electron chi connectivity index (χ0n) is 14.8. The van der Waals surface area contributed by atoms with E-state index in [-0.39, 0.29) is 18.7 Å². The Morgan fingerprint density at radius 2 is 2.08 bits per heavy atom. The van der Waals surface area contributed by atoms with Crippen LogP contribution in [-0.2, 0) is 6.73 Å². The van der Waals surface area contributed by atoms with E-state index in [9.17, 15) is 4.79 Å². The maximum atomic E-state index is 12.5. The molecule has 0 spiro atoms. The highest BCUT2D eigenvalue weighted by molar-refractivity contribution is 6.30. The molecule has 2 aromatic rings. The van der Waals surface area contributed by atoms with Crippen molar-refractivity contribution in [2.75, 3.05) is 7.05 Å². The van der Waals surface area contributed by atoms with E-state index >= 15 is 0 Å². The van der Waals surface area contributed by atoms with E-state index in [1.54, 1.807) is 29.1 Å². The smallest absolute Gasteiger partial charge is 0.271 e. The molecule has 138 valence electrons. The molecule has 1 N–H and O–H groups in total. The van der Waals surface area contributed by atoms with E-state index in [2.05, 4.69) is 22.4 Å². The van der Waals surface area contributed by atoms with Crippen LogP contribution < -0.4 is 10.1 Å². The summed E-state index contributed by atoms with van der Waals surface area (Å²) in [4.78, 5) is 15.0. The van der Waals surface area contributed by atoms with Crippen molar-refractivity contribution in [1.82, 2.24) is 20.0 Å². The summed E-state index contributed by atoms with van der Waals surface area (Å²) < 4.78 is 7.25. The number of amides is 1. The van der Waals surface area contributed by atoms with Crippen LogP contribution in [0.1, 0.15) is 36.2 Å². The number of carbonyl (C=O) groups excluding carboxylic acids is 1. The fraction of sp³-hybridized carbons (Fsp3) is 0.474. The zero-order valence-corrected chi connectivity index (χ0v) is 15.5. The fourth-order valence-electron chi connectivity index (χ4n) is 4.04. The van der Waals surface area contributed by atoms with Crippen LogP contribution in [0.5, 0.6) is 5.75 Å². The summed E-state index contributed by atoms with van der Waals surface area (Å²) in [6.07, 6.45) is 6.28. The third-order valence-electron chi connectivity index (χ3n) is 5.47. The molecule has 0 saturated carbocycles. The lowest BCUT2D eigenvalue weighted by Gasteiger charge is -2.36. The molecule has 0 unspecified atom stereocenters. The van der Waals surface area contributed by atoms with Crippen LogP contribution in [0.25, 0.3) is 0 Å². The Bertz CT molecular complexity index is 779. The first-order valence-corrected chi connectivity index (χ1v) is 9.41. The van der Waals surface area contributed by atoms with Gasteiger partial charge >= 0.3 is 0 Å². The van der Waals surface area contributed by atoms with Gasteiger partial charge in [-0.1, -0.05) is 17.7 Å². The summed E-state index contributed by atoms with van der Waals surface area (Å²) in [7, 11) is 2.20. The zero-order chi connectivity index (χ0) is 18.1. The number of piperidine rings is 1. The van der Waals surface area contributed by atoms with Crippen LogP contribution in [0.4, 0.5) is 0 Å². The number of nitrogens with zero attached hydrogens (tertiary/aromatic N) is 3. The molecular weight excluding hydrogens is 352 g/mol. The number of hydrogen-bond acceptors (Lipinski definition) is 4. The van der Waals surface area contributed by atoms with Crippen molar-refractivity contribution < 1.29 is 9.53 Å². The maximum Gasteiger partial charge on any atom is 0.271 e. The van der Waals surface area contributed by atoms with E-state index in [1.807, 2.05) is 12.1 Å². The molecule has 3 heterocycles. The van der Waals surface area contributed by atoms with Gasteiger partial charge in [0.1, 0.15) is 11.4 Å². The van der Waals surface area contributed by atoms with Crippen molar-refractivity contribution in [1.29, 1.82) is 0 Å². The minimum atomic E-state index is -0.111. The summed E-state index contributed by atoms with van der Waals surface area (Å²) >= 11 is 5.94. The molecule has 6 nitrogen and oxygen atoms in total. The first kappa shape index (κ1) is 17.4. The van der Waals surface area contributed by atoms with Gasteiger partial charge in [0.25, 0.3) is 5.91 Å². The average Bonchev–Trinajstić information content (AvgIpc) is 3.16. The Labute approximate surface area is 158 Å². The van der Waals surface area contributed by atoms with Crippen LogP contribution in [0.3, 0.4) is 0 Å². The van der Waals surface area contributed by atoms with Gasteiger partial charge in [-0.15, -0.1) is 0 Å². The average molecular weight is 375 g/mol. The SMILES string of the molecule is CN1[C@H]2CC[C@H]1CC(NC(=O)c1ccn(COc3cccc(Cl)c3)n1)C2. The molecule has 2 fully saturated rings. The molecular formula is C19H23ClN4O2. The van der Waals surface area contributed by atoms with Gasteiger partial charge in [-0.05, 0) is 57.0 Å². The molecule has 7 heteroatoms. The number of aromatic nitrogens is 2. The van der Waals surface area contributed by atoms with Gasteiger partial charge in [0.15, 0.2) is 6.73 Å². The van der Waals surface area contributed by atoms with Gasteiger partial charge in [0.05, 0.1) is 0 Å². The highest BCUT2D eigenvalue weighted by Gasteiger charge is 2.38. The molecule has 1 aromatic carbocycles. The first-order chi connectivity index (χ1) is 12.6. The Morgan fingerprint density at radius 3 is 2.81 bits per heavy atom. The third kappa shape index (κ3) is 3.71. The Balaban J connectivity index is 1.32. The van der Waals surface area contributed by atoms with E-state index in [1.165, 1.54) is 12.8 Å². The third-order valence-corrected chi connectivity index (χ3v) is 5.70. The minimum Gasteiger partial charge on any atom is -0.471 e. The van der Waals surface area contributed by atoms with Gasteiger partial charge in [0, 0.05) is 29.3 Å². The molecule has 1 amide bonds. The lowest BCUT2D eigenvalue weighted by atomic mass is 9.98. The van der Waals surface area contributed by atoms with Crippen molar-refractivity contribution in [2.24, 2.45) is 0 Å². The quantitative estimate of drug-likeness (QED) is 0.874. The van der Waals surface area contributed by atoms with Crippen molar-refractivity contribution in [3.8, 4) is 5.75 Å². The highest BCUT2D eigenvalue weighted by atomic mass is 35.5. The van der Waals surface area contributed by atoms with Gasteiger partial charge < -0.3 is 15.0 Å². The van der Waals surface area contributed by atoms with E-state index in [0.29, 0.717) is 28.5 Å². The predicted molar refractivity (Wildman–Crippen MR) is 99.4 cm³/mol. The number of benzene rings is 1. The van der Waals surface area contributed by atoms with E-state index < -0.39 is 0 Å². The molecule has 2 bridgehead atoms. The lowest BCUT2D eigenvalue weighted by molar-refractivity contribution is 0.0875.